The van der Waals surface area contributed by atoms with Crippen molar-refractivity contribution in [1.82, 2.24) is 9.97 Å². The van der Waals surface area contributed by atoms with E-state index in [0.29, 0.717) is 6.54 Å². The molecule has 116 valence electrons. The normalized spacial score (nSPS) is 10.5. The Bertz CT molecular complexity index is 765. The molecule has 0 saturated heterocycles. The van der Waals surface area contributed by atoms with Crippen molar-refractivity contribution in [3.63, 3.8) is 0 Å². The summed E-state index contributed by atoms with van der Waals surface area (Å²) in [7, 11) is 0. The van der Waals surface area contributed by atoms with E-state index >= 15 is 0 Å². The SMILES string of the molecule is Clc1ccccc1CNc1cc(SCc2ccccc2)ncn1. The first-order valence-corrected chi connectivity index (χ1v) is 8.64. The molecule has 0 atom stereocenters. The number of hydrogen-bond acceptors (Lipinski definition) is 4. The van der Waals surface area contributed by atoms with Gasteiger partial charge in [0.15, 0.2) is 0 Å². The summed E-state index contributed by atoms with van der Waals surface area (Å²) in [6.07, 6.45) is 1.59. The maximum absolute atomic E-state index is 6.16. The first kappa shape index (κ1) is 15.8. The summed E-state index contributed by atoms with van der Waals surface area (Å²) in [6.45, 7) is 0.638. The average Bonchev–Trinajstić information content (AvgIpc) is 2.61. The number of aromatic nitrogens is 2. The molecule has 0 saturated carbocycles. The molecular formula is C18H16ClN3S. The molecule has 0 aliphatic rings. The van der Waals surface area contributed by atoms with E-state index in [1.54, 1.807) is 18.1 Å². The van der Waals surface area contributed by atoms with E-state index in [1.165, 1.54) is 5.56 Å². The highest BCUT2D eigenvalue weighted by Gasteiger charge is 2.02. The number of thioether (sulfide) groups is 1. The van der Waals surface area contributed by atoms with Gasteiger partial charge in [-0.25, -0.2) is 9.97 Å². The van der Waals surface area contributed by atoms with Crippen molar-refractivity contribution < 1.29 is 0 Å². The van der Waals surface area contributed by atoms with E-state index in [1.807, 2.05) is 48.5 Å². The van der Waals surface area contributed by atoms with Crippen LogP contribution in [0.15, 0.2) is 72.0 Å². The van der Waals surface area contributed by atoms with Gasteiger partial charge in [0.25, 0.3) is 0 Å². The lowest BCUT2D eigenvalue weighted by Crippen LogP contribution is -2.02. The van der Waals surface area contributed by atoms with Gasteiger partial charge in [0, 0.05) is 23.4 Å². The maximum Gasteiger partial charge on any atom is 0.130 e. The Morgan fingerprint density at radius 3 is 2.57 bits per heavy atom. The van der Waals surface area contributed by atoms with Crippen LogP contribution in [0.25, 0.3) is 0 Å². The van der Waals surface area contributed by atoms with Crippen molar-refractivity contribution in [1.29, 1.82) is 0 Å². The van der Waals surface area contributed by atoms with Crippen LogP contribution in [-0.4, -0.2) is 9.97 Å². The lowest BCUT2D eigenvalue weighted by atomic mass is 10.2. The maximum atomic E-state index is 6.16. The van der Waals surface area contributed by atoms with Gasteiger partial charge in [-0.2, -0.15) is 0 Å². The first-order chi connectivity index (χ1) is 11.3. The van der Waals surface area contributed by atoms with Crippen LogP contribution in [0.1, 0.15) is 11.1 Å². The van der Waals surface area contributed by atoms with Crippen LogP contribution in [-0.2, 0) is 12.3 Å². The molecule has 0 aliphatic heterocycles. The highest BCUT2D eigenvalue weighted by atomic mass is 35.5. The van der Waals surface area contributed by atoms with Crippen LogP contribution in [0.5, 0.6) is 0 Å². The molecule has 0 bridgehead atoms. The molecule has 0 amide bonds. The Balaban J connectivity index is 1.60. The fourth-order valence-corrected chi connectivity index (χ4v) is 3.10. The van der Waals surface area contributed by atoms with Gasteiger partial charge in [0.1, 0.15) is 17.2 Å². The topological polar surface area (TPSA) is 37.8 Å². The number of nitrogens with one attached hydrogen (secondary N) is 1. The standard InChI is InChI=1S/C18H16ClN3S/c19-16-9-5-4-8-15(16)11-20-17-10-18(22-13-21-17)23-12-14-6-2-1-3-7-14/h1-10,13H,11-12H2,(H,20,21,22). The molecule has 1 N–H and O–H groups in total. The van der Waals surface area contributed by atoms with Gasteiger partial charge in [0.2, 0.25) is 0 Å². The zero-order valence-corrected chi connectivity index (χ0v) is 14.0. The van der Waals surface area contributed by atoms with Crippen molar-refractivity contribution in [2.24, 2.45) is 0 Å². The molecule has 0 spiro atoms. The summed E-state index contributed by atoms with van der Waals surface area (Å²) in [5.41, 5.74) is 2.33. The van der Waals surface area contributed by atoms with Crippen LogP contribution in [0.2, 0.25) is 5.02 Å². The molecule has 3 nitrogen and oxygen atoms in total. The number of rotatable bonds is 6. The summed E-state index contributed by atoms with van der Waals surface area (Å²) in [4.78, 5) is 8.57. The van der Waals surface area contributed by atoms with Gasteiger partial charge in [-0.1, -0.05) is 60.1 Å². The summed E-state index contributed by atoms with van der Waals surface area (Å²) >= 11 is 7.86. The second-order valence-electron chi connectivity index (χ2n) is 4.96. The number of halogens is 1. The Hall–Kier alpha value is -2.04. The minimum Gasteiger partial charge on any atom is -0.366 e. The van der Waals surface area contributed by atoms with Gasteiger partial charge in [-0.05, 0) is 17.2 Å². The molecule has 0 radical (unpaired) electrons. The smallest absolute Gasteiger partial charge is 0.130 e. The van der Waals surface area contributed by atoms with Crippen LogP contribution in [0, 0.1) is 0 Å². The molecule has 0 aliphatic carbocycles. The van der Waals surface area contributed by atoms with E-state index in [2.05, 4.69) is 27.4 Å². The van der Waals surface area contributed by atoms with E-state index in [4.69, 9.17) is 11.6 Å². The van der Waals surface area contributed by atoms with Crippen molar-refractivity contribution >= 4 is 29.2 Å². The zero-order valence-electron chi connectivity index (χ0n) is 12.4. The van der Waals surface area contributed by atoms with Crippen molar-refractivity contribution in [3.8, 4) is 0 Å². The van der Waals surface area contributed by atoms with Crippen LogP contribution in [0.3, 0.4) is 0 Å². The fraction of sp³-hybridized carbons (Fsp3) is 0.111. The molecular weight excluding hydrogens is 326 g/mol. The molecule has 23 heavy (non-hydrogen) atoms. The number of nitrogens with zero attached hydrogens (tertiary/aromatic N) is 2. The minimum atomic E-state index is 0.638. The third-order valence-electron chi connectivity index (χ3n) is 3.29. The molecule has 5 heteroatoms. The fourth-order valence-electron chi connectivity index (χ4n) is 2.07. The number of hydrogen-bond donors (Lipinski definition) is 1. The van der Waals surface area contributed by atoms with Gasteiger partial charge < -0.3 is 5.32 Å². The molecule has 3 aromatic rings. The Morgan fingerprint density at radius 2 is 1.74 bits per heavy atom. The van der Waals surface area contributed by atoms with Crippen LogP contribution in [0.4, 0.5) is 5.82 Å². The second kappa shape index (κ2) is 7.99. The molecule has 1 heterocycles. The lowest BCUT2D eigenvalue weighted by Gasteiger charge is -2.08. The van der Waals surface area contributed by atoms with Gasteiger partial charge >= 0.3 is 0 Å². The summed E-state index contributed by atoms with van der Waals surface area (Å²) in [5.74, 6) is 1.69. The predicted molar refractivity (Wildman–Crippen MR) is 96.8 cm³/mol. The Labute approximate surface area is 145 Å². The number of anilines is 1. The number of benzene rings is 2. The van der Waals surface area contributed by atoms with E-state index in [9.17, 15) is 0 Å². The Kier molecular flexibility index (Phi) is 5.51. The first-order valence-electron chi connectivity index (χ1n) is 7.27. The largest absolute Gasteiger partial charge is 0.366 e. The molecule has 1 aromatic heterocycles. The van der Waals surface area contributed by atoms with E-state index < -0.39 is 0 Å². The van der Waals surface area contributed by atoms with Gasteiger partial charge in [-0.15, -0.1) is 11.8 Å². The van der Waals surface area contributed by atoms with E-state index in [-0.39, 0.29) is 0 Å². The second-order valence-corrected chi connectivity index (χ2v) is 6.36. The highest BCUT2D eigenvalue weighted by molar-refractivity contribution is 7.98. The third-order valence-corrected chi connectivity index (χ3v) is 4.65. The highest BCUT2D eigenvalue weighted by Crippen LogP contribution is 2.22. The summed E-state index contributed by atoms with van der Waals surface area (Å²) in [6, 6.07) is 20.1. The third kappa shape index (κ3) is 4.71. The summed E-state index contributed by atoms with van der Waals surface area (Å²) in [5, 5.41) is 5.00. The van der Waals surface area contributed by atoms with Gasteiger partial charge in [-0.3, -0.25) is 0 Å². The molecule has 2 aromatic carbocycles. The quantitative estimate of drug-likeness (QED) is 0.504. The van der Waals surface area contributed by atoms with Gasteiger partial charge in [0.05, 0.1) is 0 Å². The van der Waals surface area contributed by atoms with Crippen LogP contribution < -0.4 is 5.32 Å². The lowest BCUT2D eigenvalue weighted by molar-refractivity contribution is 1.02. The summed E-state index contributed by atoms with van der Waals surface area (Å²) < 4.78 is 0. The predicted octanol–water partition coefficient (Wildman–Crippen LogP) is 5.03. The molecule has 3 rings (SSSR count). The Morgan fingerprint density at radius 1 is 0.957 bits per heavy atom. The molecule has 0 unspecified atom stereocenters. The average molecular weight is 342 g/mol. The van der Waals surface area contributed by atoms with Crippen LogP contribution >= 0.6 is 23.4 Å². The van der Waals surface area contributed by atoms with Crippen molar-refractivity contribution in [2.75, 3.05) is 5.32 Å². The minimum absolute atomic E-state index is 0.638. The van der Waals surface area contributed by atoms with E-state index in [0.717, 1.165) is 27.2 Å². The molecule has 0 fully saturated rings. The van der Waals surface area contributed by atoms with Crippen molar-refractivity contribution in [2.45, 2.75) is 17.3 Å². The zero-order chi connectivity index (χ0) is 15.9. The monoisotopic (exact) mass is 341 g/mol. The van der Waals surface area contributed by atoms with Crippen molar-refractivity contribution in [3.05, 3.63) is 83.1 Å².